The van der Waals surface area contributed by atoms with E-state index >= 15 is 0 Å². The van der Waals surface area contributed by atoms with Crippen LogP contribution in [0.15, 0.2) is 29.2 Å². The van der Waals surface area contributed by atoms with E-state index in [-0.39, 0.29) is 16.7 Å². The first kappa shape index (κ1) is 18.3. The topological polar surface area (TPSA) is 57.7 Å². The van der Waals surface area contributed by atoms with Crippen LogP contribution in [0.2, 0.25) is 0 Å². The summed E-state index contributed by atoms with van der Waals surface area (Å²) in [6.07, 6.45) is 5.58. The lowest BCUT2D eigenvalue weighted by molar-refractivity contribution is -0.136. The van der Waals surface area contributed by atoms with Gasteiger partial charge in [-0.1, -0.05) is 12.8 Å². The van der Waals surface area contributed by atoms with Gasteiger partial charge in [0.1, 0.15) is 5.82 Å². The number of likely N-dealkylation sites (tertiary alicyclic amines) is 1. The largest absolute Gasteiger partial charge is 0.342 e. The molecule has 2 fully saturated rings. The highest BCUT2D eigenvalue weighted by Crippen LogP contribution is 2.26. The van der Waals surface area contributed by atoms with Gasteiger partial charge in [0.05, 0.1) is 4.90 Å². The molecule has 0 spiro atoms. The number of sulfonamides is 1. The van der Waals surface area contributed by atoms with Gasteiger partial charge in [-0.2, -0.15) is 4.31 Å². The van der Waals surface area contributed by atoms with E-state index in [9.17, 15) is 17.6 Å². The normalized spacial score (nSPS) is 21.1. The molecule has 0 aliphatic carbocycles. The summed E-state index contributed by atoms with van der Waals surface area (Å²) in [7, 11) is -3.62. The SMILES string of the molecule is O=C(C1CCN(S(=O)(=O)c2ccc(F)cc2)CC1)N1CCCCCC1. The molecule has 0 N–H and O–H groups in total. The average molecular weight is 368 g/mol. The van der Waals surface area contributed by atoms with Crippen molar-refractivity contribution in [2.45, 2.75) is 43.4 Å². The monoisotopic (exact) mass is 368 g/mol. The van der Waals surface area contributed by atoms with Gasteiger partial charge in [-0.3, -0.25) is 4.79 Å². The van der Waals surface area contributed by atoms with Crippen molar-refractivity contribution in [2.75, 3.05) is 26.2 Å². The van der Waals surface area contributed by atoms with Crippen LogP contribution in [0, 0.1) is 11.7 Å². The van der Waals surface area contributed by atoms with Crippen LogP contribution < -0.4 is 0 Å². The summed E-state index contributed by atoms with van der Waals surface area (Å²) in [5.74, 6) is -0.362. The lowest BCUT2D eigenvalue weighted by atomic mass is 9.96. The van der Waals surface area contributed by atoms with Crippen LogP contribution in [0.1, 0.15) is 38.5 Å². The minimum absolute atomic E-state index is 0.0854. The zero-order valence-electron chi connectivity index (χ0n) is 14.4. The molecule has 2 saturated heterocycles. The molecule has 1 aromatic carbocycles. The molecule has 25 heavy (non-hydrogen) atoms. The number of nitrogens with zero attached hydrogens (tertiary/aromatic N) is 2. The molecular weight excluding hydrogens is 343 g/mol. The molecule has 3 rings (SSSR count). The number of halogens is 1. The van der Waals surface area contributed by atoms with Crippen LogP contribution in [-0.4, -0.2) is 49.7 Å². The van der Waals surface area contributed by atoms with E-state index in [0.29, 0.717) is 25.9 Å². The summed E-state index contributed by atoms with van der Waals surface area (Å²) in [4.78, 5) is 14.7. The number of amides is 1. The van der Waals surface area contributed by atoms with Crippen molar-refractivity contribution in [3.8, 4) is 0 Å². The van der Waals surface area contributed by atoms with Crippen molar-refractivity contribution in [1.29, 1.82) is 0 Å². The molecule has 2 aliphatic rings. The average Bonchev–Trinajstić information content (AvgIpc) is 2.91. The van der Waals surface area contributed by atoms with Gasteiger partial charge in [-0.05, 0) is 49.9 Å². The molecule has 5 nitrogen and oxygen atoms in total. The first-order valence-electron chi connectivity index (χ1n) is 9.03. The first-order chi connectivity index (χ1) is 12.0. The summed E-state index contributed by atoms with van der Waals surface area (Å²) >= 11 is 0. The van der Waals surface area contributed by atoms with E-state index < -0.39 is 15.8 Å². The van der Waals surface area contributed by atoms with Gasteiger partial charge in [0, 0.05) is 32.1 Å². The van der Waals surface area contributed by atoms with E-state index in [0.717, 1.165) is 38.1 Å². The Balaban J connectivity index is 1.61. The molecule has 0 unspecified atom stereocenters. The van der Waals surface area contributed by atoms with Crippen LogP contribution >= 0.6 is 0 Å². The van der Waals surface area contributed by atoms with Gasteiger partial charge in [0.15, 0.2) is 0 Å². The fraction of sp³-hybridized carbons (Fsp3) is 0.611. The van der Waals surface area contributed by atoms with Gasteiger partial charge in [-0.15, -0.1) is 0 Å². The Hall–Kier alpha value is -1.47. The highest BCUT2D eigenvalue weighted by atomic mass is 32.2. The molecule has 138 valence electrons. The van der Waals surface area contributed by atoms with E-state index in [4.69, 9.17) is 0 Å². The van der Waals surface area contributed by atoms with Crippen LogP contribution in [0.25, 0.3) is 0 Å². The third-order valence-electron chi connectivity index (χ3n) is 5.17. The minimum Gasteiger partial charge on any atom is -0.342 e. The quantitative estimate of drug-likeness (QED) is 0.824. The highest BCUT2D eigenvalue weighted by molar-refractivity contribution is 7.89. The maximum atomic E-state index is 13.0. The minimum atomic E-state index is -3.62. The van der Waals surface area contributed by atoms with Crippen LogP contribution in [0.4, 0.5) is 4.39 Å². The molecule has 0 saturated carbocycles. The fourth-order valence-electron chi connectivity index (χ4n) is 3.65. The molecule has 2 heterocycles. The molecule has 7 heteroatoms. The first-order valence-corrected chi connectivity index (χ1v) is 10.5. The second kappa shape index (κ2) is 7.83. The lowest BCUT2D eigenvalue weighted by Crippen LogP contribution is -2.44. The summed E-state index contributed by atoms with van der Waals surface area (Å²) in [6, 6.07) is 4.89. The number of benzene rings is 1. The summed E-state index contributed by atoms with van der Waals surface area (Å²) in [5, 5.41) is 0. The zero-order chi connectivity index (χ0) is 17.9. The van der Waals surface area contributed by atoms with Crippen molar-refractivity contribution in [3.63, 3.8) is 0 Å². The highest BCUT2D eigenvalue weighted by Gasteiger charge is 2.33. The number of carbonyl (C=O) groups excluding carboxylic acids is 1. The second-order valence-electron chi connectivity index (χ2n) is 6.87. The molecule has 0 aromatic heterocycles. The van der Waals surface area contributed by atoms with Crippen molar-refractivity contribution < 1.29 is 17.6 Å². The summed E-state index contributed by atoms with van der Waals surface area (Å²) < 4.78 is 39.7. The van der Waals surface area contributed by atoms with Crippen LogP contribution in [0.5, 0.6) is 0 Å². The predicted molar refractivity (Wildman–Crippen MR) is 92.9 cm³/mol. The molecule has 1 aromatic rings. The molecule has 1 amide bonds. The Kier molecular flexibility index (Phi) is 5.74. The maximum absolute atomic E-state index is 13.0. The van der Waals surface area contributed by atoms with Crippen molar-refractivity contribution in [2.24, 2.45) is 5.92 Å². The fourth-order valence-corrected chi connectivity index (χ4v) is 5.12. The number of hydrogen-bond acceptors (Lipinski definition) is 3. The van der Waals surface area contributed by atoms with Gasteiger partial charge in [0.25, 0.3) is 0 Å². The van der Waals surface area contributed by atoms with Crippen molar-refractivity contribution in [3.05, 3.63) is 30.1 Å². The van der Waals surface area contributed by atoms with E-state index in [1.807, 2.05) is 4.90 Å². The predicted octanol–water partition coefficient (Wildman–Crippen LogP) is 2.63. The van der Waals surface area contributed by atoms with E-state index in [1.54, 1.807) is 0 Å². The molecule has 0 atom stereocenters. The Bertz CT molecular complexity index is 690. The summed E-state index contributed by atoms with van der Waals surface area (Å²) in [5.41, 5.74) is 0. The zero-order valence-corrected chi connectivity index (χ0v) is 15.2. The smallest absolute Gasteiger partial charge is 0.243 e. The second-order valence-corrected chi connectivity index (χ2v) is 8.81. The maximum Gasteiger partial charge on any atom is 0.243 e. The van der Waals surface area contributed by atoms with Gasteiger partial charge < -0.3 is 4.90 Å². The molecule has 0 bridgehead atoms. The Morgan fingerprint density at radius 1 is 0.920 bits per heavy atom. The van der Waals surface area contributed by atoms with E-state index in [1.165, 1.54) is 29.3 Å². The van der Waals surface area contributed by atoms with Crippen LogP contribution in [0.3, 0.4) is 0 Å². The third kappa shape index (κ3) is 4.20. The number of piperidine rings is 1. The van der Waals surface area contributed by atoms with Crippen LogP contribution in [-0.2, 0) is 14.8 Å². The van der Waals surface area contributed by atoms with Gasteiger partial charge in [0.2, 0.25) is 15.9 Å². The Morgan fingerprint density at radius 3 is 2.04 bits per heavy atom. The van der Waals surface area contributed by atoms with Gasteiger partial charge >= 0.3 is 0 Å². The Labute approximate surface area is 148 Å². The van der Waals surface area contributed by atoms with Gasteiger partial charge in [-0.25, -0.2) is 12.8 Å². The Morgan fingerprint density at radius 2 is 1.48 bits per heavy atom. The third-order valence-corrected chi connectivity index (χ3v) is 7.09. The molecule has 2 aliphatic heterocycles. The number of hydrogen-bond donors (Lipinski definition) is 0. The molecular formula is C18H25FN2O3S. The summed E-state index contributed by atoms with van der Waals surface area (Å²) in [6.45, 7) is 2.33. The lowest BCUT2D eigenvalue weighted by Gasteiger charge is -2.33. The number of rotatable bonds is 3. The molecule has 0 radical (unpaired) electrons. The standard InChI is InChI=1S/C18H25FN2O3S/c19-16-5-7-17(8-6-16)25(23,24)21-13-9-15(10-14-21)18(22)20-11-3-1-2-4-12-20/h5-8,15H,1-4,9-14H2. The number of carbonyl (C=O) groups is 1. The van der Waals surface area contributed by atoms with E-state index in [2.05, 4.69) is 0 Å². The van der Waals surface area contributed by atoms with Crippen molar-refractivity contribution >= 4 is 15.9 Å². The van der Waals surface area contributed by atoms with Crippen molar-refractivity contribution in [1.82, 2.24) is 9.21 Å².